The van der Waals surface area contributed by atoms with Gasteiger partial charge in [0, 0.05) is 35.2 Å². The van der Waals surface area contributed by atoms with E-state index in [9.17, 15) is 0 Å². The van der Waals surface area contributed by atoms with Gasteiger partial charge in [-0.3, -0.25) is 4.98 Å². The van der Waals surface area contributed by atoms with Gasteiger partial charge in [0.05, 0.1) is 11.2 Å². The summed E-state index contributed by atoms with van der Waals surface area (Å²) >= 11 is 3.48. The highest BCUT2D eigenvalue weighted by Crippen LogP contribution is 2.26. The molecule has 4 heteroatoms. The predicted octanol–water partition coefficient (Wildman–Crippen LogP) is 3.89. The molecule has 1 fully saturated rings. The summed E-state index contributed by atoms with van der Waals surface area (Å²) in [4.78, 5) is 7.07. The van der Waals surface area contributed by atoms with Crippen molar-refractivity contribution in [3.63, 3.8) is 0 Å². The number of hydrogen-bond acceptors (Lipinski definition) is 3. The van der Waals surface area contributed by atoms with Gasteiger partial charge in [-0.15, -0.1) is 0 Å². The first kappa shape index (κ1) is 13.8. The second-order valence-corrected chi connectivity index (χ2v) is 6.30. The maximum atomic E-state index is 4.56. The molecule has 1 aliphatic rings. The van der Waals surface area contributed by atoms with E-state index in [0.29, 0.717) is 6.04 Å². The van der Waals surface area contributed by atoms with Gasteiger partial charge in [-0.1, -0.05) is 19.1 Å². The number of fused-ring (bicyclic) bond motifs is 1. The zero-order valence-corrected chi connectivity index (χ0v) is 13.4. The van der Waals surface area contributed by atoms with E-state index in [1.807, 2.05) is 6.20 Å². The summed E-state index contributed by atoms with van der Waals surface area (Å²) in [6, 6.07) is 9.02. The van der Waals surface area contributed by atoms with Gasteiger partial charge in [0.2, 0.25) is 0 Å². The average molecular weight is 334 g/mol. The third-order valence-electron chi connectivity index (χ3n) is 4.07. The lowest BCUT2D eigenvalue weighted by Crippen LogP contribution is -2.38. The molecular weight excluding hydrogens is 314 g/mol. The standard InChI is InChI=1S/C16H20BrN3/c1-2-20-8-6-14(7-9-20)19-15-5-3-4-12-10-13(17)11-18-16(12)15/h3-5,10-11,14,19H,2,6-9H2,1H3. The van der Waals surface area contributed by atoms with Crippen molar-refractivity contribution in [1.82, 2.24) is 9.88 Å². The summed E-state index contributed by atoms with van der Waals surface area (Å²) in [5.41, 5.74) is 2.22. The van der Waals surface area contributed by atoms with Crippen LogP contribution >= 0.6 is 15.9 Å². The van der Waals surface area contributed by atoms with E-state index < -0.39 is 0 Å². The number of pyridine rings is 1. The van der Waals surface area contributed by atoms with E-state index in [1.165, 1.54) is 31.3 Å². The number of aromatic nitrogens is 1. The number of nitrogens with one attached hydrogen (secondary N) is 1. The first-order valence-electron chi connectivity index (χ1n) is 7.29. The Kier molecular flexibility index (Phi) is 4.22. The molecule has 1 saturated heterocycles. The quantitative estimate of drug-likeness (QED) is 0.923. The number of hydrogen-bond donors (Lipinski definition) is 1. The van der Waals surface area contributed by atoms with Crippen molar-refractivity contribution in [3.05, 3.63) is 34.9 Å². The first-order chi connectivity index (χ1) is 9.76. The Morgan fingerprint density at radius 1 is 1.35 bits per heavy atom. The molecule has 3 nitrogen and oxygen atoms in total. The lowest BCUT2D eigenvalue weighted by Gasteiger charge is -2.32. The minimum Gasteiger partial charge on any atom is -0.380 e. The molecule has 2 heterocycles. The SMILES string of the molecule is CCN1CCC(Nc2cccc3cc(Br)cnc23)CC1. The van der Waals surface area contributed by atoms with Gasteiger partial charge >= 0.3 is 0 Å². The Labute approximate surface area is 128 Å². The highest BCUT2D eigenvalue weighted by molar-refractivity contribution is 9.10. The highest BCUT2D eigenvalue weighted by Gasteiger charge is 2.18. The highest BCUT2D eigenvalue weighted by atomic mass is 79.9. The number of likely N-dealkylation sites (tertiary alicyclic amines) is 1. The summed E-state index contributed by atoms with van der Waals surface area (Å²) in [5, 5.41) is 4.86. The van der Waals surface area contributed by atoms with Crippen LogP contribution in [0.2, 0.25) is 0 Å². The molecule has 0 bridgehead atoms. The molecule has 2 aromatic rings. The summed E-state index contributed by atoms with van der Waals surface area (Å²) in [6.07, 6.45) is 4.29. The van der Waals surface area contributed by atoms with E-state index in [2.05, 4.69) is 62.3 Å². The van der Waals surface area contributed by atoms with Gasteiger partial charge in [-0.05, 0) is 47.4 Å². The molecule has 3 rings (SSSR count). The van der Waals surface area contributed by atoms with Gasteiger partial charge in [-0.25, -0.2) is 0 Å². The lowest BCUT2D eigenvalue weighted by molar-refractivity contribution is 0.229. The first-order valence-corrected chi connectivity index (χ1v) is 8.08. The second kappa shape index (κ2) is 6.10. The molecule has 1 N–H and O–H groups in total. The summed E-state index contributed by atoms with van der Waals surface area (Å²) < 4.78 is 1.03. The predicted molar refractivity (Wildman–Crippen MR) is 88.2 cm³/mol. The third-order valence-corrected chi connectivity index (χ3v) is 4.51. The van der Waals surface area contributed by atoms with Crippen LogP contribution in [0.15, 0.2) is 34.9 Å². The number of anilines is 1. The maximum Gasteiger partial charge on any atom is 0.0934 e. The van der Waals surface area contributed by atoms with Gasteiger partial charge in [-0.2, -0.15) is 0 Å². The Hall–Kier alpha value is -1.13. The largest absolute Gasteiger partial charge is 0.380 e. The molecule has 106 valence electrons. The van der Waals surface area contributed by atoms with Crippen LogP contribution in [0, 0.1) is 0 Å². The van der Waals surface area contributed by atoms with Crippen LogP contribution in [0.25, 0.3) is 10.9 Å². The molecule has 1 aromatic carbocycles. The Balaban J connectivity index is 1.78. The monoisotopic (exact) mass is 333 g/mol. The molecule has 1 aliphatic heterocycles. The average Bonchev–Trinajstić information content (AvgIpc) is 2.48. The molecular formula is C16H20BrN3. The van der Waals surface area contributed by atoms with Crippen molar-refractivity contribution in [1.29, 1.82) is 0 Å². The van der Waals surface area contributed by atoms with E-state index in [0.717, 1.165) is 22.2 Å². The van der Waals surface area contributed by atoms with E-state index in [-0.39, 0.29) is 0 Å². The smallest absolute Gasteiger partial charge is 0.0934 e. The fourth-order valence-electron chi connectivity index (χ4n) is 2.86. The molecule has 0 unspecified atom stereocenters. The van der Waals surface area contributed by atoms with Crippen molar-refractivity contribution in [2.75, 3.05) is 25.0 Å². The molecule has 0 radical (unpaired) electrons. The number of halogens is 1. The van der Waals surface area contributed by atoms with Gasteiger partial charge in [0.25, 0.3) is 0 Å². The van der Waals surface area contributed by atoms with Crippen LogP contribution in [-0.2, 0) is 0 Å². The topological polar surface area (TPSA) is 28.2 Å². The Bertz CT molecular complexity index is 591. The van der Waals surface area contributed by atoms with Crippen molar-refractivity contribution in [2.24, 2.45) is 0 Å². The van der Waals surface area contributed by atoms with Crippen LogP contribution in [-0.4, -0.2) is 35.6 Å². The lowest BCUT2D eigenvalue weighted by atomic mass is 10.0. The normalized spacial score (nSPS) is 17.5. The molecule has 1 aromatic heterocycles. The summed E-state index contributed by atoms with van der Waals surface area (Å²) in [5.74, 6) is 0. The molecule has 0 atom stereocenters. The second-order valence-electron chi connectivity index (χ2n) is 5.38. The van der Waals surface area contributed by atoms with Gasteiger partial charge in [0.15, 0.2) is 0 Å². The van der Waals surface area contributed by atoms with E-state index in [1.54, 1.807) is 0 Å². The van der Waals surface area contributed by atoms with Crippen molar-refractivity contribution in [3.8, 4) is 0 Å². The van der Waals surface area contributed by atoms with E-state index in [4.69, 9.17) is 0 Å². The van der Waals surface area contributed by atoms with Crippen molar-refractivity contribution >= 4 is 32.5 Å². The van der Waals surface area contributed by atoms with Crippen LogP contribution in [0.3, 0.4) is 0 Å². The molecule has 0 saturated carbocycles. The molecule has 0 aliphatic carbocycles. The minimum atomic E-state index is 0.564. The van der Waals surface area contributed by atoms with Crippen LogP contribution in [0.1, 0.15) is 19.8 Å². The van der Waals surface area contributed by atoms with Gasteiger partial charge in [0.1, 0.15) is 0 Å². The number of piperidine rings is 1. The van der Waals surface area contributed by atoms with Crippen molar-refractivity contribution in [2.45, 2.75) is 25.8 Å². The Morgan fingerprint density at radius 3 is 2.90 bits per heavy atom. The summed E-state index contributed by atoms with van der Waals surface area (Å²) in [6.45, 7) is 5.78. The summed E-state index contributed by atoms with van der Waals surface area (Å²) in [7, 11) is 0. The number of para-hydroxylation sites is 1. The van der Waals surface area contributed by atoms with Gasteiger partial charge < -0.3 is 10.2 Å². The van der Waals surface area contributed by atoms with E-state index >= 15 is 0 Å². The fourth-order valence-corrected chi connectivity index (χ4v) is 3.21. The van der Waals surface area contributed by atoms with Crippen molar-refractivity contribution < 1.29 is 0 Å². The van der Waals surface area contributed by atoms with Crippen LogP contribution < -0.4 is 5.32 Å². The molecule has 20 heavy (non-hydrogen) atoms. The zero-order valence-electron chi connectivity index (χ0n) is 11.8. The zero-order chi connectivity index (χ0) is 13.9. The number of benzene rings is 1. The molecule has 0 spiro atoms. The minimum absolute atomic E-state index is 0.564. The number of rotatable bonds is 3. The molecule has 0 amide bonds. The Morgan fingerprint density at radius 2 is 2.15 bits per heavy atom. The third kappa shape index (κ3) is 2.96. The fraction of sp³-hybridized carbons (Fsp3) is 0.438. The van der Waals surface area contributed by atoms with Crippen LogP contribution in [0.5, 0.6) is 0 Å². The number of nitrogens with zero attached hydrogens (tertiary/aromatic N) is 2. The van der Waals surface area contributed by atoms with Crippen LogP contribution in [0.4, 0.5) is 5.69 Å². The maximum absolute atomic E-state index is 4.56.